The molecule has 12 unspecified atom stereocenters. The number of rotatable bonds is 50. The summed E-state index contributed by atoms with van der Waals surface area (Å²) < 4.78 is 22.9. The zero-order chi connectivity index (χ0) is 56.0. The van der Waals surface area contributed by atoms with Gasteiger partial charge in [0.2, 0.25) is 5.91 Å². The first-order valence-electron chi connectivity index (χ1n) is 31.4. The standard InChI is InChI=1S/C63H115NO13/c1-3-5-7-9-11-13-15-17-19-21-23-24-25-26-27-29-30-32-34-36-38-40-42-44-46-52(67)51(64-55(68)47-45-43-41-39-37-35-33-31-28-22-20-18-16-14-12-10-8-6-4-2)50-74-62-60(73)58(71)61(54(49-66)76-62)77-63-59(72)57(70)56(69)53(48-65)75-63/h6,8,12,14,18,20,28,31,51-54,56-63,65-67,69-73H,3-5,7,9-11,13,15-17,19,21-27,29-30,32-50H2,1-2H3,(H,64,68)/b8-6-,14-12-,20-18-,31-28-. The molecule has 2 aliphatic heterocycles. The summed E-state index contributed by atoms with van der Waals surface area (Å²) in [6.45, 7) is 2.76. The summed E-state index contributed by atoms with van der Waals surface area (Å²) in [5.74, 6) is -0.219. The zero-order valence-electron chi connectivity index (χ0n) is 48.5. The normalized spacial score (nSPS) is 25.0. The highest BCUT2D eigenvalue weighted by molar-refractivity contribution is 5.76. The van der Waals surface area contributed by atoms with Crippen LogP contribution in [0.3, 0.4) is 0 Å². The minimum absolute atomic E-state index is 0.219. The highest BCUT2D eigenvalue weighted by atomic mass is 16.7. The van der Waals surface area contributed by atoms with Crippen molar-refractivity contribution in [2.24, 2.45) is 0 Å². The summed E-state index contributed by atoms with van der Waals surface area (Å²) in [6, 6.07) is -0.839. The van der Waals surface area contributed by atoms with Gasteiger partial charge in [-0.05, 0) is 51.4 Å². The van der Waals surface area contributed by atoms with E-state index in [4.69, 9.17) is 18.9 Å². The van der Waals surface area contributed by atoms with Gasteiger partial charge < -0.3 is 65.1 Å². The van der Waals surface area contributed by atoms with Crippen LogP contribution >= 0.6 is 0 Å². The van der Waals surface area contributed by atoms with E-state index in [0.29, 0.717) is 12.8 Å². The molecule has 0 bridgehead atoms. The molecule has 14 nitrogen and oxygen atoms in total. The Hall–Kier alpha value is -2.05. The van der Waals surface area contributed by atoms with Crippen molar-refractivity contribution in [2.75, 3.05) is 19.8 Å². The summed E-state index contributed by atoms with van der Waals surface area (Å²) >= 11 is 0. The molecular weight excluding hydrogens is 979 g/mol. The van der Waals surface area contributed by atoms with E-state index in [2.05, 4.69) is 67.8 Å². The fourth-order valence-electron chi connectivity index (χ4n) is 10.3. The molecule has 0 radical (unpaired) electrons. The van der Waals surface area contributed by atoms with E-state index in [1.54, 1.807) is 0 Å². The van der Waals surface area contributed by atoms with E-state index in [1.807, 2.05) is 0 Å². The molecule has 0 aromatic heterocycles. The van der Waals surface area contributed by atoms with Gasteiger partial charge in [0.15, 0.2) is 12.6 Å². The highest BCUT2D eigenvalue weighted by Crippen LogP contribution is 2.30. The molecule has 0 aliphatic carbocycles. The van der Waals surface area contributed by atoms with Gasteiger partial charge in [0, 0.05) is 6.42 Å². The lowest BCUT2D eigenvalue weighted by Crippen LogP contribution is -2.65. The van der Waals surface area contributed by atoms with Gasteiger partial charge in [0.1, 0.15) is 48.8 Å². The molecule has 2 fully saturated rings. The van der Waals surface area contributed by atoms with E-state index >= 15 is 0 Å². The smallest absolute Gasteiger partial charge is 0.220 e. The number of nitrogens with one attached hydrogen (secondary N) is 1. The van der Waals surface area contributed by atoms with Gasteiger partial charge in [0.05, 0.1) is 32.0 Å². The maximum absolute atomic E-state index is 13.3. The minimum atomic E-state index is -1.79. The van der Waals surface area contributed by atoms with Gasteiger partial charge in [-0.2, -0.15) is 0 Å². The summed E-state index contributed by atoms with van der Waals surface area (Å²) in [5.41, 5.74) is 0. The van der Waals surface area contributed by atoms with Crippen LogP contribution in [0.1, 0.15) is 251 Å². The number of amides is 1. The first-order valence-corrected chi connectivity index (χ1v) is 31.4. The number of unbranched alkanes of at least 4 members (excludes halogenated alkanes) is 29. The topological polar surface area (TPSA) is 228 Å². The third-order valence-electron chi connectivity index (χ3n) is 15.3. The Labute approximate surface area is 467 Å². The molecule has 2 heterocycles. The number of carbonyl (C=O) groups is 1. The molecule has 0 aromatic carbocycles. The molecule has 9 N–H and O–H groups in total. The van der Waals surface area contributed by atoms with Crippen LogP contribution in [-0.2, 0) is 23.7 Å². The van der Waals surface area contributed by atoms with Crippen LogP contribution < -0.4 is 5.32 Å². The van der Waals surface area contributed by atoms with Crippen LogP contribution in [0, 0.1) is 0 Å². The second-order valence-corrected chi connectivity index (χ2v) is 22.2. The lowest BCUT2D eigenvalue weighted by Gasteiger charge is -2.46. The monoisotopic (exact) mass is 1090 g/mol. The second-order valence-electron chi connectivity index (χ2n) is 22.2. The number of allylic oxidation sites excluding steroid dienone is 8. The minimum Gasteiger partial charge on any atom is -0.394 e. The van der Waals surface area contributed by atoms with E-state index in [-0.39, 0.29) is 18.9 Å². The second kappa shape index (κ2) is 48.6. The SMILES string of the molecule is CC/C=C\C/C=C\C/C=C\C/C=C\CCCCCCCCC(=O)NC(COC1OC(CO)C(OC2OC(CO)C(O)C(O)C2O)C(O)C1O)C(O)CCCCCCCCCCCCCCCCCCCCCCCCCC. The quantitative estimate of drug-likeness (QED) is 0.0204. The number of hydrogen-bond donors (Lipinski definition) is 9. The number of ether oxygens (including phenoxy) is 4. The molecule has 2 saturated heterocycles. The Balaban J connectivity index is 1.73. The van der Waals surface area contributed by atoms with Crippen molar-refractivity contribution < 1.29 is 64.6 Å². The molecule has 14 heteroatoms. The van der Waals surface area contributed by atoms with Crippen molar-refractivity contribution in [3.05, 3.63) is 48.6 Å². The molecule has 0 aromatic rings. The largest absolute Gasteiger partial charge is 0.394 e. The van der Waals surface area contributed by atoms with E-state index in [9.17, 15) is 45.6 Å². The first kappa shape index (κ1) is 71.1. The molecule has 450 valence electrons. The third kappa shape index (κ3) is 34.1. The highest BCUT2D eigenvalue weighted by Gasteiger charge is 2.51. The van der Waals surface area contributed by atoms with Crippen molar-refractivity contribution in [1.29, 1.82) is 0 Å². The number of carbonyl (C=O) groups excluding carboxylic acids is 1. The Bertz CT molecular complexity index is 1480. The maximum atomic E-state index is 13.3. The Morgan fingerprint density at radius 2 is 0.896 bits per heavy atom. The summed E-state index contributed by atoms with van der Waals surface area (Å²) in [7, 11) is 0. The van der Waals surface area contributed by atoms with Crippen LogP contribution in [0.5, 0.6) is 0 Å². The van der Waals surface area contributed by atoms with E-state index < -0.39 is 86.8 Å². The fraction of sp³-hybridized carbons (Fsp3) is 0.857. The van der Waals surface area contributed by atoms with E-state index in [1.165, 1.54) is 128 Å². The van der Waals surface area contributed by atoms with Gasteiger partial charge in [0.25, 0.3) is 0 Å². The number of hydrogen-bond acceptors (Lipinski definition) is 13. The molecular formula is C63H115NO13. The lowest BCUT2D eigenvalue weighted by molar-refractivity contribution is -0.359. The average Bonchev–Trinajstić information content (AvgIpc) is 3.44. The van der Waals surface area contributed by atoms with Crippen molar-refractivity contribution in [3.63, 3.8) is 0 Å². The van der Waals surface area contributed by atoms with Crippen LogP contribution in [0.25, 0.3) is 0 Å². The van der Waals surface area contributed by atoms with Gasteiger partial charge in [-0.1, -0.05) is 242 Å². The van der Waals surface area contributed by atoms with Crippen molar-refractivity contribution in [3.8, 4) is 0 Å². The maximum Gasteiger partial charge on any atom is 0.220 e. The van der Waals surface area contributed by atoms with Crippen LogP contribution in [0.4, 0.5) is 0 Å². The molecule has 77 heavy (non-hydrogen) atoms. The van der Waals surface area contributed by atoms with E-state index in [0.717, 1.165) is 89.9 Å². The number of aliphatic hydroxyl groups is 8. The van der Waals surface area contributed by atoms with Crippen molar-refractivity contribution >= 4 is 5.91 Å². The van der Waals surface area contributed by atoms with Crippen LogP contribution in [0.15, 0.2) is 48.6 Å². The predicted molar refractivity (Wildman–Crippen MR) is 309 cm³/mol. The van der Waals surface area contributed by atoms with Gasteiger partial charge in [-0.3, -0.25) is 4.79 Å². The summed E-state index contributed by atoms with van der Waals surface area (Å²) in [5, 5.41) is 87.4. The molecule has 1 amide bonds. The lowest BCUT2D eigenvalue weighted by atomic mass is 9.97. The first-order chi connectivity index (χ1) is 37.6. The molecule has 2 rings (SSSR count). The summed E-state index contributed by atoms with van der Waals surface area (Å²) in [6.07, 6.45) is 43.9. The van der Waals surface area contributed by atoms with Gasteiger partial charge in [-0.25, -0.2) is 0 Å². The fourth-order valence-corrected chi connectivity index (χ4v) is 10.3. The van der Waals surface area contributed by atoms with Crippen LogP contribution in [0.2, 0.25) is 0 Å². The Morgan fingerprint density at radius 1 is 0.481 bits per heavy atom. The van der Waals surface area contributed by atoms with Crippen molar-refractivity contribution in [1.82, 2.24) is 5.32 Å². The van der Waals surface area contributed by atoms with Crippen molar-refractivity contribution in [2.45, 2.75) is 325 Å². The van der Waals surface area contributed by atoms with Crippen LogP contribution in [-0.4, -0.2) is 140 Å². The average molecular weight is 1090 g/mol. The third-order valence-corrected chi connectivity index (χ3v) is 15.3. The summed E-state index contributed by atoms with van der Waals surface area (Å²) in [4.78, 5) is 13.3. The zero-order valence-corrected chi connectivity index (χ0v) is 48.5. The molecule has 0 saturated carbocycles. The predicted octanol–water partition coefficient (Wildman–Crippen LogP) is 11.2. The molecule has 0 spiro atoms. The molecule has 12 atom stereocenters. The van der Waals surface area contributed by atoms with Gasteiger partial charge >= 0.3 is 0 Å². The Kier molecular flexibility index (Phi) is 44.9. The number of aliphatic hydroxyl groups excluding tert-OH is 8. The van der Waals surface area contributed by atoms with Gasteiger partial charge in [-0.15, -0.1) is 0 Å². The molecule has 2 aliphatic rings. The Morgan fingerprint density at radius 3 is 1.38 bits per heavy atom.